The molecule has 0 amide bonds. The molecule has 0 aromatic rings. The van der Waals surface area contributed by atoms with Crippen LogP contribution in [0.15, 0.2) is 0 Å². The molecule has 0 spiro atoms. The summed E-state index contributed by atoms with van der Waals surface area (Å²) in [6.45, 7) is 11.5. The van der Waals surface area contributed by atoms with Crippen molar-refractivity contribution in [3.05, 3.63) is 0 Å². The number of ether oxygens (including phenoxy) is 1. The fourth-order valence-corrected chi connectivity index (χ4v) is 3.55. The van der Waals surface area contributed by atoms with Gasteiger partial charge in [-0.2, -0.15) is 0 Å². The van der Waals surface area contributed by atoms with E-state index in [1.807, 2.05) is 0 Å². The van der Waals surface area contributed by atoms with Crippen molar-refractivity contribution < 1.29 is 4.74 Å². The predicted octanol–water partition coefficient (Wildman–Crippen LogP) is 3.61. The van der Waals surface area contributed by atoms with E-state index in [0.717, 1.165) is 18.4 Å². The van der Waals surface area contributed by atoms with Crippen LogP contribution in [0.4, 0.5) is 0 Å². The second-order valence-electron chi connectivity index (χ2n) is 7.46. The monoisotopic (exact) mass is 253 g/mol. The molecular formula is C16H31NO. The fourth-order valence-electron chi connectivity index (χ4n) is 3.55. The van der Waals surface area contributed by atoms with Crippen molar-refractivity contribution in [2.45, 2.75) is 71.9 Å². The minimum atomic E-state index is 0.413. The molecule has 2 heteroatoms. The van der Waals surface area contributed by atoms with Crippen molar-refractivity contribution in [2.24, 2.45) is 17.3 Å². The van der Waals surface area contributed by atoms with Crippen LogP contribution in [-0.2, 0) is 4.74 Å². The zero-order valence-corrected chi connectivity index (χ0v) is 12.7. The third-order valence-electron chi connectivity index (χ3n) is 5.12. The zero-order valence-electron chi connectivity index (χ0n) is 12.7. The Bertz CT molecular complexity index is 250. The number of hydrogen-bond acceptors (Lipinski definition) is 2. The second-order valence-corrected chi connectivity index (χ2v) is 7.46. The third-order valence-corrected chi connectivity index (χ3v) is 5.12. The Balaban J connectivity index is 1.67. The largest absolute Gasteiger partial charge is 0.377 e. The zero-order chi connectivity index (χ0) is 13.2. The van der Waals surface area contributed by atoms with Crippen molar-refractivity contribution >= 4 is 0 Å². The molecule has 2 fully saturated rings. The Hall–Kier alpha value is -0.0800. The van der Waals surface area contributed by atoms with E-state index >= 15 is 0 Å². The van der Waals surface area contributed by atoms with E-state index in [1.54, 1.807) is 0 Å². The molecule has 2 rings (SSSR count). The van der Waals surface area contributed by atoms with Crippen LogP contribution in [0.1, 0.15) is 59.8 Å². The highest BCUT2D eigenvalue weighted by Gasteiger charge is 2.30. The molecule has 2 atom stereocenters. The summed E-state index contributed by atoms with van der Waals surface area (Å²) in [5.41, 5.74) is 0.506. The Morgan fingerprint density at radius 1 is 1.06 bits per heavy atom. The van der Waals surface area contributed by atoms with E-state index in [0.29, 0.717) is 17.6 Å². The van der Waals surface area contributed by atoms with Crippen LogP contribution in [0, 0.1) is 17.3 Å². The maximum Gasteiger partial charge on any atom is 0.0700 e. The van der Waals surface area contributed by atoms with Crippen LogP contribution >= 0.6 is 0 Å². The molecule has 1 saturated carbocycles. The lowest BCUT2D eigenvalue weighted by molar-refractivity contribution is 0.109. The lowest BCUT2D eigenvalue weighted by Gasteiger charge is -2.37. The average Bonchev–Trinajstić information content (AvgIpc) is 2.72. The first-order valence-corrected chi connectivity index (χ1v) is 7.82. The molecule has 2 nitrogen and oxygen atoms in total. The van der Waals surface area contributed by atoms with Gasteiger partial charge in [-0.3, -0.25) is 0 Å². The van der Waals surface area contributed by atoms with Crippen LogP contribution in [0.3, 0.4) is 0 Å². The predicted molar refractivity (Wildman–Crippen MR) is 76.7 cm³/mol. The number of nitrogens with one attached hydrogen (secondary N) is 1. The molecule has 1 saturated heterocycles. The highest BCUT2D eigenvalue weighted by Crippen LogP contribution is 2.39. The Morgan fingerprint density at radius 2 is 1.72 bits per heavy atom. The van der Waals surface area contributed by atoms with Crippen LogP contribution < -0.4 is 5.32 Å². The summed E-state index contributed by atoms with van der Waals surface area (Å²) in [6, 6.07) is 0.602. The molecule has 2 aliphatic rings. The van der Waals surface area contributed by atoms with E-state index in [4.69, 9.17) is 4.74 Å². The smallest absolute Gasteiger partial charge is 0.0700 e. The van der Waals surface area contributed by atoms with Crippen molar-refractivity contribution in [3.63, 3.8) is 0 Å². The van der Waals surface area contributed by atoms with Gasteiger partial charge in [0.25, 0.3) is 0 Å². The molecule has 106 valence electrons. The van der Waals surface area contributed by atoms with Crippen molar-refractivity contribution in [1.82, 2.24) is 5.32 Å². The van der Waals surface area contributed by atoms with Gasteiger partial charge in [-0.05, 0) is 62.8 Å². The first-order chi connectivity index (χ1) is 8.47. The Labute approximate surface area is 113 Å². The van der Waals surface area contributed by atoms with Gasteiger partial charge in [0.15, 0.2) is 0 Å². The molecular weight excluding hydrogens is 222 g/mol. The number of hydrogen-bond donors (Lipinski definition) is 1. The minimum absolute atomic E-state index is 0.413. The Morgan fingerprint density at radius 3 is 2.22 bits per heavy atom. The Kier molecular flexibility index (Phi) is 4.71. The molecule has 1 N–H and O–H groups in total. The summed E-state index contributed by atoms with van der Waals surface area (Å²) in [4.78, 5) is 0. The van der Waals surface area contributed by atoms with Crippen molar-refractivity contribution in [1.29, 1.82) is 0 Å². The van der Waals surface area contributed by atoms with Gasteiger partial charge < -0.3 is 10.1 Å². The van der Waals surface area contributed by atoms with Gasteiger partial charge >= 0.3 is 0 Å². The fraction of sp³-hybridized carbons (Fsp3) is 1.00. The minimum Gasteiger partial charge on any atom is -0.377 e. The van der Waals surface area contributed by atoms with Crippen LogP contribution in [0.25, 0.3) is 0 Å². The van der Waals surface area contributed by atoms with Gasteiger partial charge in [-0.15, -0.1) is 0 Å². The first kappa shape index (κ1) is 14.3. The molecule has 0 aromatic heterocycles. The first-order valence-electron chi connectivity index (χ1n) is 7.82. The molecule has 1 aliphatic carbocycles. The van der Waals surface area contributed by atoms with Gasteiger partial charge in [0.1, 0.15) is 0 Å². The molecule has 0 radical (unpaired) electrons. The third kappa shape index (κ3) is 3.71. The highest BCUT2D eigenvalue weighted by atomic mass is 16.5. The normalized spacial score (nSPS) is 38.0. The average molecular weight is 253 g/mol. The quantitative estimate of drug-likeness (QED) is 0.829. The maximum absolute atomic E-state index is 5.60. The summed E-state index contributed by atoms with van der Waals surface area (Å²) in [5, 5.41) is 3.73. The van der Waals surface area contributed by atoms with E-state index in [9.17, 15) is 0 Å². The van der Waals surface area contributed by atoms with Gasteiger partial charge in [-0.1, -0.05) is 20.8 Å². The molecule has 18 heavy (non-hydrogen) atoms. The van der Waals surface area contributed by atoms with Gasteiger partial charge in [0.05, 0.1) is 6.10 Å². The van der Waals surface area contributed by atoms with Gasteiger partial charge in [-0.25, -0.2) is 0 Å². The molecule has 0 aromatic carbocycles. The molecule has 2 unspecified atom stereocenters. The summed E-state index contributed by atoms with van der Waals surface area (Å²) in [6.07, 6.45) is 7.28. The van der Waals surface area contributed by atoms with E-state index in [-0.39, 0.29) is 0 Å². The summed E-state index contributed by atoms with van der Waals surface area (Å²) in [7, 11) is 0. The van der Waals surface area contributed by atoms with Crippen LogP contribution in [0.5, 0.6) is 0 Å². The van der Waals surface area contributed by atoms with Crippen molar-refractivity contribution in [3.8, 4) is 0 Å². The number of rotatable bonds is 3. The van der Waals surface area contributed by atoms with Gasteiger partial charge in [0, 0.05) is 12.6 Å². The topological polar surface area (TPSA) is 21.3 Å². The van der Waals surface area contributed by atoms with E-state index < -0.39 is 0 Å². The lowest BCUT2D eigenvalue weighted by atomic mass is 9.70. The molecule has 0 bridgehead atoms. The maximum atomic E-state index is 5.60. The van der Waals surface area contributed by atoms with Crippen LogP contribution in [-0.4, -0.2) is 25.3 Å². The summed E-state index contributed by atoms with van der Waals surface area (Å²) in [5.74, 6) is 1.83. The highest BCUT2D eigenvalue weighted by molar-refractivity contribution is 4.84. The summed E-state index contributed by atoms with van der Waals surface area (Å²) >= 11 is 0. The second kappa shape index (κ2) is 5.92. The standard InChI is InChI=1S/C16H31NO/c1-12-15(9-10-18-12)17-11-13-5-7-14(8-6-13)16(2,3)4/h12-15,17H,5-11H2,1-4H3. The summed E-state index contributed by atoms with van der Waals surface area (Å²) < 4.78 is 5.60. The molecule has 1 aliphatic heterocycles. The van der Waals surface area contributed by atoms with Crippen LogP contribution in [0.2, 0.25) is 0 Å². The molecule has 1 heterocycles. The SMILES string of the molecule is CC1OCCC1NCC1CCC(C(C)(C)C)CC1. The van der Waals surface area contributed by atoms with Gasteiger partial charge in [0.2, 0.25) is 0 Å². The van der Waals surface area contributed by atoms with E-state index in [2.05, 4.69) is 33.0 Å². The lowest BCUT2D eigenvalue weighted by Crippen LogP contribution is -2.39. The van der Waals surface area contributed by atoms with Crippen molar-refractivity contribution in [2.75, 3.05) is 13.2 Å². The van der Waals surface area contributed by atoms with E-state index in [1.165, 1.54) is 38.6 Å².